The molecule has 0 aliphatic heterocycles. The molecule has 4 rings (SSSR count). The summed E-state index contributed by atoms with van der Waals surface area (Å²) in [6.07, 6.45) is 10.9. The van der Waals surface area contributed by atoms with E-state index in [0.717, 1.165) is 50.4 Å². The Morgan fingerprint density at radius 3 is 2.55 bits per heavy atom. The maximum absolute atomic E-state index is 12.5. The van der Waals surface area contributed by atoms with Gasteiger partial charge in [-0.3, -0.25) is 9.59 Å². The maximum Gasteiger partial charge on any atom is 0.139 e. The molecule has 2 heteroatoms. The quantitative estimate of drug-likeness (QED) is 0.657. The van der Waals surface area contributed by atoms with Crippen molar-refractivity contribution in [3.8, 4) is 0 Å². The average Bonchev–Trinajstić information content (AvgIpc) is 2.70. The summed E-state index contributed by atoms with van der Waals surface area (Å²) in [6.45, 7) is 4.75. The number of hydrogen-bond acceptors (Lipinski definition) is 2. The molecule has 122 valence electrons. The van der Waals surface area contributed by atoms with Gasteiger partial charge in [-0.2, -0.15) is 0 Å². The number of carbonyl (C=O) groups excluding carboxylic acids is 2. The molecule has 4 aliphatic carbocycles. The van der Waals surface area contributed by atoms with Crippen molar-refractivity contribution in [3.63, 3.8) is 0 Å². The van der Waals surface area contributed by atoms with Gasteiger partial charge in [-0.15, -0.1) is 0 Å². The van der Waals surface area contributed by atoms with E-state index in [4.69, 9.17) is 0 Å². The Morgan fingerprint density at radius 2 is 1.73 bits per heavy atom. The highest BCUT2D eigenvalue weighted by Crippen LogP contribution is 2.63. The van der Waals surface area contributed by atoms with Crippen LogP contribution in [-0.4, -0.2) is 11.6 Å². The largest absolute Gasteiger partial charge is 0.300 e. The molecule has 0 saturated heterocycles. The van der Waals surface area contributed by atoms with Gasteiger partial charge in [-0.05, 0) is 67.6 Å². The number of Topliss-reactive ketones (excluding diaryl/α,β-unsaturated/α-hetero) is 2. The lowest BCUT2D eigenvalue weighted by molar-refractivity contribution is -0.135. The Hall–Kier alpha value is -0.660. The van der Waals surface area contributed by atoms with Gasteiger partial charge in [-0.25, -0.2) is 0 Å². The van der Waals surface area contributed by atoms with E-state index in [1.54, 1.807) is 0 Å². The van der Waals surface area contributed by atoms with Crippen LogP contribution in [0.2, 0.25) is 0 Å². The molecule has 4 aliphatic rings. The number of hydrogen-bond donors (Lipinski definition) is 0. The highest BCUT2D eigenvalue weighted by Gasteiger charge is 2.58. The Balaban J connectivity index is 1.68. The van der Waals surface area contributed by atoms with Gasteiger partial charge in [0.2, 0.25) is 0 Å². The van der Waals surface area contributed by atoms with Crippen LogP contribution in [0.4, 0.5) is 0 Å². The maximum atomic E-state index is 12.5. The molecule has 0 N–H and O–H groups in total. The van der Waals surface area contributed by atoms with Gasteiger partial charge in [0, 0.05) is 24.7 Å². The van der Waals surface area contributed by atoms with Crippen LogP contribution < -0.4 is 0 Å². The van der Waals surface area contributed by atoms with E-state index in [1.807, 2.05) is 0 Å². The van der Waals surface area contributed by atoms with Gasteiger partial charge >= 0.3 is 0 Å². The van der Waals surface area contributed by atoms with Gasteiger partial charge in [-0.1, -0.05) is 20.3 Å². The summed E-state index contributed by atoms with van der Waals surface area (Å²) in [5.74, 6) is 3.79. The second-order valence-corrected chi connectivity index (χ2v) is 9.17. The molecule has 4 fully saturated rings. The van der Waals surface area contributed by atoms with Gasteiger partial charge in [0.25, 0.3) is 0 Å². The molecule has 0 spiro atoms. The zero-order valence-electron chi connectivity index (χ0n) is 14.2. The van der Waals surface area contributed by atoms with Crippen molar-refractivity contribution in [1.82, 2.24) is 0 Å². The van der Waals surface area contributed by atoms with Crippen LogP contribution in [0.5, 0.6) is 0 Å². The molecule has 0 aromatic heterocycles. The predicted molar refractivity (Wildman–Crippen MR) is 86.4 cm³/mol. The Morgan fingerprint density at radius 1 is 0.909 bits per heavy atom. The second-order valence-electron chi connectivity index (χ2n) is 9.17. The standard InChI is InChI=1S/C20H30O2/c1-19-10-8-14(21)12-13(19)4-3-5-15-16-6-7-18(22)20(16,2)11-9-17(15)19/h13,15-17H,3-12H2,1-2H3/t13-,15+,16-,17-,19-,20-/m0/s1. The van der Waals surface area contributed by atoms with Crippen molar-refractivity contribution in [3.05, 3.63) is 0 Å². The normalized spacial score (nSPS) is 51.7. The molecule has 6 atom stereocenters. The van der Waals surface area contributed by atoms with Crippen molar-refractivity contribution in [2.24, 2.45) is 34.5 Å². The van der Waals surface area contributed by atoms with Crippen molar-refractivity contribution < 1.29 is 9.59 Å². The molecule has 0 aromatic carbocycles. The molecular weight excluding hydrogens is 272 g/mol. The van der Waals surface area contributed by atoms with E-state index in [2.05, 4.69) is 13.8 Å². The van der Waals surface area contributed by atoms with Gasteiger partial charge in [0.1, 0.15) is 11.6 Å². The topological polar surface area (TPSA) is 34.1 Å². The average molecular weight is 302 g/mol. The second kappa shape index (κ2) is 4.92. The first-order valence-corrected chi connectivity index (χ1v) is 9.50. The third-order valence-corrected chi connectivity index (χ3v) is 8.43. The van der Waals surface area contributed by atoms with E-state index in [0.29, 0.717) is 28.8 Å². The third-order valence-electron chi connectivity index (χ3n) is 8.43. The van der Waals surface area contributed by atoms with E-state index in [9.17, 15) is 9.59 Å². The smallest absolute Gasteiger partial charge is 0.139 e. The summed E-state index contributed by atoms with van der Waals surface area (Å²) in [6, 6.07) is 0. The van der Waals surface area contributed by atoms with Crippen LogP contribution in [0.15, 0.2) is 0 Å². The predicted octanol–water partition coefficient (Wildman–Crippen LogP) is 4.56. The minimum Gasteiger partial charge on any atom is -0.300 e. The van der Waals surface area contributed by atoms with Crippen molar-refractivity contribution in [2.45, 2.75) is 78.1 Å². The molecule has 22 heavy (non-hydrogen) atoms. The third kappa shape index (κ3) is 1.91. The summed E-state index contributed by atoms with van der Waals surface area (Å²) >= 11 is 0. The Kier molecular flexibility index (Phi) is 3.33. The van der Waals surface area contributed by atoms with E-state index >= 15 is 0 Å². The lowest BCUT2D eigenvalue weighted by Gasteiger charge is -2.54. The molecule has 0 aromatic rings. The minimum atomic E-state index is -0.0121. The Bertz CT molecular complexity index is 510. The SMILES string of the molecule is C[C@]12CCC(=O)C[C@@H]1CCC[C@H]1[C@@H]2CC[C@]2(C)C(=O)CC[C@@H]12. The van der Waals surface area contributed by atoms with E-state index in [1.165, 1.54) is 25.7 Å². The van der Waals surface area contributed by atoms with E-state index < -0.39 is 0 Å². The molecular formula is C20H30O2. The molecule has 0 heterocycles. The summed E-state index contributed by atoms with van der Waals surface area (Å²) in [7, 11) is 0. The highest BCUT2D eigenvalue weighted by molar-refractivity contribution is 5.87. The summed E-state index contributed by atoms with van der Waals surface area (Å²) in [5.41, 5.74) is 0.351. The number of rotatable bonds is 0. The lowest BCUT2D eigenvalue weighted by Crippen LogP contribution is -2.49. The van der Waals surface area contributed by atoms with Crippen molar-refractivity contribution in [2.75, 3.05) is 0 Å². The minimum absolute atomic E-state index is 0.0121. The fraction of sp³-hybridized carbons (Fsp3) is 0.900. The van der Waals surface area contributed by atoms with Gasteiger partial charge in [0.05, 0.1) is 0 Å². The van der Waals surface area contributed by atoms with Gasteiger partial charge < -0.3 is 0 Å². The molecule has 0 unspecified atom stereocenters. The highest BCUT2D eigenvalue weighted by atomic mass is 16.1. The Labute approximate surface area is 134 Å². The first-order valence-electron chi connectivity index (χ1n) is 9.50. The van der Waals surface area contributed by atoms with Crippen LogP contribution in [0, 0.1) is 34.5 Å². The first kappa shape index (κ1) is 14.9. The lowest BCUT2D eigenvalue weighted by atomic mass is 9.50. The number of ketones is 2. The molecule has 0 amide bonds. The number of carbonyl (C=O) groups is 2. The van der Waals surface area contributed by atoms with Crippen LogP contribution in [0.25, 0.3) is 0 Å². The van der Waals surface area contributed by atoms with Gasteiger partial charge in [0.15, 0.2) is 0 Å². The van der Waals surface area contributed by atoms with Crippen LogP contribution in [0.1, 0.15) is 78.1 Å². The zero-order valence-corrected chi connectivity index (χ0v) is 14.2. The summed E-state index contributed by atoms with van der Waals surface area (Å²) in [4.78, 5) is 24.4. The molecule has 0 bridgehead atoms. The molecule has 2 nitrogen and oxygen atoms in total. The fourth-order valence-electron chi connectivity index (χ4n) is 7.02. The zero-order chi connectivity index (χ0) is 15.5. The fourth-order valence-corrected chi connectivity index (χ4v) is 7.02. The molecule has 4 saturated carbocycles. The van der Waals surface area contributed by atoms with Crippen molar-refractivity contribution in [1.29, 1.82) is 0 Å². The summed E-state index contributed by atoms with van der Waals surface area (Å²) in [5, 5.41) is 0. The van der Waals surface area contributed by atoms with Crippen LogP contribution in [0.3, 0.4) is 0 Å². The van der Waals surface area contributed by atoms with Crippen LogP contribution in [-0.2, 0) is 9.59 Å². The van der Waals surface area contributed by atoms with E-state index in [-0.39, 0.29) is 5.41 Å². The first-order chi connectivity index (χ1) is 10.4. The van der Waals surface area contributed by atoms with Crippen molar-refractivity contribution >= 4 is 11.6 Å². The monoisotopic (exact) mass is 302 g/mol. The van der Waals surface area contributed by atoms with Crippen LogP contribution >= 0.6 is 0 Å². The number of fused-ring (bicyclic) bond motifs is 5. The summed E-state index contributed by atoms with van der Waals surface area (Å²) < 4.78 is 0. The molecule has 0 radical (unpaired) electrons.